The van der Waals surface area contributed by atoms with Gasteiger partial charge in [0, 0.05) is 31.6 Å². The summed E-state index contributed by atoms with van der Waals surface area (Å²) in [7, 11) is 0. The van der Waals surface area contributed by atoms with Gasteiger partial charge in [-0.3, -0.25) is 4.68 Å². The van der Waals surface area contributed by atoms with Crippen molar-refractivity contribution in [2.45, 2.75) is 38.1 Å². The number of aliphatic hydroxyl groups excluding tert-OH is 1. The summed E-state index contributed by atoms with van der Waals surface area (Å²) in [6.45, 7) is 3.98. The van der Waals surface area contributed by atoms with E-state index in [0.717, 1.165) is 13.0 Å². The molecule has 0 spiro atoms. The van der Waals surface area contributed by atoms with Gasteiger partial charge in [0.1, 0.15) is 0 Å². The minimum Gasteiger partial charge on any atom is -0.390 e. The van der Waals surface area contributed by atoms with Crippen LogP contribution in [0.1, 0.15) is 13.3 Å². The van der Waals surface area contributed by atoms with Crippen LogP contribution in [0.25, 0.3) is 0 Å². The van der Waals surface area contributed by atoms with E-state index in [9.17, 15) is 5.11 Å². The van der Waals surface area contributed by atoms with Crippen LogP contribution in [0.15, 0.2) is 18.5 Å². The molecule has 1 saturated heterocycles. The molecule has 0 radical (unpaired) electrons. The van der Waals surface area contributed by atoms with E-state index in [4.69, 9.17) is 4.74 Å². The van der Waals surface area contributed by atoms with Gasteiger partial charge < -0.3 is 15.2 Å². The highest BCUT2D eigenvalue weighted by Crippen LogP contribution is 2.12. The lowest BCUT2D eigenvalue weighted by atomic mass is 10.1. The molecule has 0 aliphatic carbocycles. The van der Waals surface area contributed by atoms with E-state index >= 15 is 0 Å². The van der Waals surface area contributed by atoms with E-state index in [1.165, 1.54) is 0 Å². The van der Waals surface area contributed by atoms with Crippen molar-refractivity contribution in [3.05, 3.63) is 18.5 Å². The molecular formula is C11H19N3O2. The molecule has 2 N–H and O–H groups in total. The van der Waals surface area contributed by atoms with Crippen molar-refractivity contribution in [3.63, 3.8) is 0 Å². The summed E-state index contributed by atoms with van der Waals surface area (Å²) in [4.78, 5) is 0. The summed E-state index contributed by atoms with van der Waals surface area (Å²) in [5.41, 5.74) is 0. The average molecular weight is 225 g/mol. The van der Waals surface area contributed by atoms with Gasteiger partial charge >= 0.3 is 0 Å². The topological polar surface area (TPSA) is 59.3 Å². The standard InChI is InChI=1S/C11H19N3O2/c1-9-11(3-6-16-9)12-7-10(15)8-14-5-2-4-13-14/h2,4-5,9-12,15H,3,6-8H2,1H3. The largest absolute Gasteiger partial charge is 0.390 e. The third-order valence-corrected chi connectivity index (χ3v) is 2.95. The Kier molecular flexibility index (Phi) is 3.93. The molecule has 1 aliphatic heterocycles. The number of aliphatic hydroxyl groups is 1. The number of hydrogen-bond acceptors (Lipinski definition) is 4. The summed E-state index contributed by atoms with van der Waals surface area (Å²) >= 11 is 0. The first kappa shape index (κ1) is 11.6. The fraction of sp³-hybridized carbons (Fsp3) is 0.727. The van der Waals surface area contributed by atoms with E-state index in [1.807, 2.05) is 12.3 Å². The minimum atomic E-state index is -0.410. The van der Waals surface area contributed by atoms with E-state index in [1.54, 1.807) is 10.9 Å². The Labute approximate surface area is 95.4 Å². The van der Waals surface area contributed by atoms with Gasteiger partial charge in [0.2, 0.25) is 0 Å². The number of hydrogen-bond donors (Lipinski definition) is 2. The van der Waals surface area contributed by atoms with E-state index in [0.29, 0.717) is 19.1 Å². The lowest BCUT2D eigenvalue weighted by Gasteiger charge is -2.18. The van der Waals surface area contributed by atoms with Gasteiger partial charge in [0.15, 0.2) is 0 Å². The van der Waals surface area contributed by atoms with Crippen molar-refractivity contribution in [2.24, 2.45) is 0 Å². The number of aromatic nitrogens is 2. The van der Waals surface area contributed by atoms with Crippen molar-refractivity contribution in [1.82, 2.24) is 15.1 Å². The third kappa shape index (κ3) is 3.04. The normalized spacial score (nSPS) is 27.1. The molecule has 1 aromatic rings. The van der Waals surface area contributed by atoms with Gasteiger partial charge in [-0.2, -0.15) is 5.10 Å². The lowest BCUT2D eigenvalue weighted by molar-refractivity contribution is 0.103. The van der Waals surface area contributed by atoms with Crippen molar-refractivity contribution in [1.29, 1.82) is 0 Å². The molecule has 0 amide bonds. The SMILES string of the molecule is CC1OCCC1NCC(O)Cn1cccn1. The van der Waals surface area contributed by atoms with Crippen LogP contribution in [0.4, 0.5) is 0 Å². The Balaban J connectivity index is 1.69. The molecule has 2 heterocycles. The van der Waals surface area contributed by atoms with E-state index in [2.05, 4.69) is 17.3 Å². The number of nitrogens with one attached hydrogen (secondary N) is 1. The van der Waals surface area contributed by atoms with Crippen LogP contribution < -0.4 is 5.32 Å². The van der Waals surface area contributed by atoms with Crippen LogP contribution in [0.3, 0.4) is 0 Å². The molecule has 0 saturated carbocycles. The smallest absolute Gasteiger partial charge is 0.0860 e. The Hall–Kier alpha value is -0.910. The maximum absolute atomic E-state index is 9.80. The Morgan fingerprint density at radius 1 is 1.69 bits per heavy atom. The van der Waals surface area contributed by atoms with Gasteiger partial charge in [0.05, 0.1) is 18.8 Å². The highest BCUT2D eigenvalue weighted by Gasteiger charge is 2.24. The fourth-order valence-electron chi connectivity index (χ4n) is 1.98. The Morgan fingerprint density at radius 3 is 3.19 bits per heavy atom. The molecular weight excluding hydrogens is 206 g/mol. The monoisotopic (exact) mass is 225 g/mol. The Morgan fingerprint density at radius 2 is 2.56 bits per heavy atom. The van der Waals surface area contributed by atoms with Crippen molar-refractivity contribution in [3.8, 4) is 0 Å². The van der Waals surface area contributed by atoms with Crippen LogP contribution in [0.5, 0.6) is 0 Å². The molecule has 3 atom stereocenters. The van der Waals surface area contributed by atoms with Crippen molar-refractivity contribution in [2.75, 3.05) is 13.2 Å². The fourth-order valence-corrected chi connectivity index (χ4v) is 1.98. The van der Waals surface area contributed by atoms with Gasteiger partial charge in [-0.1, -0.05) is 0 Å². The van der Waals surface area contributed by atoms with Crippen molar-refractivity contribution >= 4 is 0 Å². The third-order valence-electron chi connectivity index (χ3n) is 2.95. The van der Waals surface area contributed by atoms with Crippen LogP contribution in [0.2, 0.25) is 0 Å². The second-order valence-corrected chi connectivity index (χ2v) is 4.26. The molecule has 1 aliphatic rings. The molecule has 5 nitrogen and oxygen atoms in total. The predicted molar refractivity (Wildman–Crippen MR) is 60.1 cm³/mol. The van der Waals surface area contributed by atoms with Crippen molar-refractivity contribution < 1.29 is 9.84 Å². The number of ether oxygens (including phenoxy) is 1. The summed E-state index contributed by atoms with van der Waals surface area (Å²) in [6, 6.07) is 2.22. The molecule has 1 aromatic heterocycles. The molecule has 0 aromatic carbocycles. The van der Waals surface area contributed by atoms with Crippen LogP contribution in [-0.4, -0.2) is 46.3 Å². The molecule has 1 fully saturated rings. The molecule has 16 heavy (non-hydrogen) atoms. The average Bonchev–Trinajstić information content (AvgIpc) is 2.87. The summed E-state index contributed by atoms with van der Waals surface area (Å²) in [6.07, 6.45) is 4.43. The zero-order valence-corrected chi connectivity index (χ0v) is 9.54. The first-order valence-corrected chi connectivity index (χ1v) is 5.76. The molecule has 2 rings (SSSR count). The first-order chi connectivity index (χ1) is 7.75. The maximum atomic E-state index is 9.80. The van der Waals surface area contributed by atoms with E-state index < -0.39 is 6.10 Å². The van der Waals surface area contributed by atoms with Gasteiger partial charge in [-0.05, 0) is 19.4 Å². The predicted octanol–water partition coefficient (Wildman–Crippen LogP) is 0.0110. The molecule has 5 heteroatoms. The van der Waals surface area contributed by atoms with Gasteiger partial charge in [0.25, 0.3) is 0 Å². The van der Waals surface area contributed by atoms with Crippen LogP contribution >= 0.6 is 0 Å². The zero-order chi connectivity index (χ0) is 11.4. The highest BCUT2D eigenvalue weighted by molar-refractivity contribution is 4.81. The zero-order valence-electron chi connectivity index (χ0n) is 9.54. The van der Waals surface area contributed by atoms with Crippen LogP contribution in [0, 0.1) is 0 Å². The maximum Gasteiger partial charge on any atom is 0.0860 e. The van der Waals surface area contributed by atoms with Gasteiger partial charge in [-0.15, -0.1) is 0 Å². The lowest BCUT2D eigenvalue weighted by Crippen LogP contribution is -2.40. The second kappa shape index (κ2) is 5.43. The summed E-state index contributed by atoms with van der Waals surface area (Å²) in [5.74, 6) is 0. The molecule has 3 unspecified atom stereocenters. The summed E-state index contributed by atoms with van der Waals surface area (Å²) < 4.78 is 7.18. The summed E-state index contributed by atoms with van der Waals surface area (Å²) in [5, 5.41) is 17.2. The number of rotatable bonds is 5. The second-order valence-electron chi connectivity index (χ2n) is 4.26. The quantitative estimate of drug-likeness (QED) is 0.741. The number of nitrogens with zero attached hydrogens (tertiary/aromatic N) is 2. The first-order valence-electron chi connectivity index (χ1n) is 5.76. The van der Waals surface area contributed by atoms with Crippen LogP contribution in [-0.2, 0) is 11.3 Å². The highest BCUT2D eigenvalue weighted by atomic mass is 16.5. The molecule has 0 bridgehead atoms. The van der Waals surface area contributed by atoms with E-state index in [-0.39, 0.29) is 6.10 Å². The molecule has 90 valence electrons. The van der Waals surface area contributed by atoms with Gasteiger partial charge in [-0.25, -0.2) is 0 Å². The Bertz CT molecular complexity index is 302. The minimum absolute atomic E-state index is 0.247.